The second-order valence-electron chi connectivity index (χ2n) is 5.64. The Morgan fingerprint density at radius 2 is 2.10 bits per heavy atom. The molecule has 1 aliphatic carbocycles. The SMILES string of the molecule is CCNC1CCCc2cn(Cc3ccc(CC)s3)cc21. The minimum absolute atomic E-state index is 0.569. The molecular formula is C17H24N2S. The van der Waals surface area contributed by atoms with Crippen molar-refractivity contribution in [2.24, 2.45) is 0 Å². The van der Waals surface area contributed by atoms with Crippen LogP contribution in [0.5, 0.6) is 0 Å². The molecule has 0 saturated heterocycles. The van der Waals surface area contributed by atoms with Crippen LogP contribution >= 0.6 is 11.3 Å². The molecule has 2 aromatic rings. The number of nitrogens with one attached hydrogen (secondary N) is 1. The lowest BCUT2D eigenvalue weighted by Crippen LogP contribution is -2.23. The van der Waals surface area contributed by atoms with Crippen LogP contribution in [-0.4, -0.2) is 11.1 Å². The van der Waals surface area contributed by atoms with Gasteiger partial charge < -0.3 is 9.88 Å². The van der Waals surface area contributed by atoms with Gasteiger partial charge in [0.1, 0.15) is 0 Å². The maximum Gasteiger partial charge on any atom is 0.0563 e. The Bertz CT molecular complexity index is 567. The molecule has 20 heavy (non-hydrogen) atoms. The molecule has 0 aliphatic heterocycles. The zero-order valence-corrected chi connectivity index (χ0v) is 13.3. The third kappa shape index (κ3) is 2.84. The molecule has 0 aromatic carbocycles. The fourth-order valence-electron chi connectivity index (χ4n) is 3.18. The van der Waals surface area contributed by atoms with Crippen molar-refractivity contribution >= 4 is 11.3 Å². The summed E-state index contributed by atoms with van der Waals surface area (Å²) < 4.78 is 2.38. The van der Waals surface area contributed by atoms with Gasteiger partial charge in [-0.2, -0.15) is 0 Å². The first kappa shape index (κ1) is 13.9. The molecule has 0 fully saturated rings. The van der Waals surface area contributed by atoms with Crippen LogP contribution in [-0.2, 0) is 19.4 Å². The number of nitrogens with zero attached hydrogens (tertiary/aromatic N) is 1. The number of aryl methyl sites for hydroxylation is 2. The fraction of sp³-hybridized carbons (Fsp3) is 0.529. The molecular weight excluding hydrogens is 264 g/mol. The highest BCUT2D eigenvalue weighted by Gasteiger charge is 2.21. The lowest BCUT2D eigenvalue weighted by atomic mass is 9.91. The summed E-state index contributed by atoms with van der Waals surface area (Å²) in [4.78, 5) is 2.96. The van der Waals surface area contributed by atoms with E-state index in [1.165, 1.54) is 34.6 Å². The standard InChI is InChI=1S/C17H24N2S/c1-3-14-8-9-15(20-14)11-19-10-13-6-5-7-17(18-4-2)16(13)12-19/h8-10,12,17-18H,3-7,11H2,1-2H3. The van der Waals surface area contributed by atoms with Gasteiger partial charge in [0, 0.05) is 28.2 Å². The molecule has 2 aromatic heterocycles. The first-order chi connectivity index (χ1) is 9.80. The monoisotopic (exact) mass is 288 g/mol. The Labute approximate surface area is 125 Å². The van der Waals surface area contributed by atoms with Gasteiger partial charge in [-0.1, -0.05) is 13.8 Å². The van der Waals surface area contributed by atoms with Gasteiger partial charge >= 0.3 is 0 Å². The number of hydrogen-bond acceptors (Lipinski definition) is 2. The van der Waals surface area contributed by atoms with Crippen molar-refractivity contribution in [2.45, 2.75) is 52.1 Å². The summed E-state index contributed by atoms with van der Waals surface area (Å²) in [5.74, 6) is 0. The zero-order valence-electron chi connectivity index (χ0n) is 12.5. The second kappa shape index (κ2) is 6.15. The highest BCUT2D eigenvalue weighted by Crippen LogP contribution is 2.31. The molecule has 0 amide bonds. The largest absolute Gasteiger partial charge is 0.348 e. The second-order valence-corrected chi connectivity index (χ2v) is 6.89. The van der Waals surface area contributed by atoms with E-state index in [-0.39, 0.29) is 0 Å². The summed E-state index contributed by atoms with van der Waals surface area (Å²) in [5, 5.41) is 3.62. The fourth-order valence-corrected chi connectivity index (χ4v) is 4.14. The summed E-state index contributed by atoms with van der Waals surface area (Å²) in [6.07, 6.45) is 9.72. The molecule has 1 N–H and O–H groups in total. The van der Waals surface area contributed by atoms with Gasteiger partial charge in [0.05, 0.1) is 6.54 Å². The minimum Gasteiger partial charge on any atom is -0.348 e. The van der Waals surface area contributed by atoms with Crippen LogP contribution in [0.3, 0.4) is 0 Å². The maximum absolute atomic E-state index is 3.62. The van der Waals surface area contributed by atoms with Crippen molar-refractivity contribution in [1.82, 2.24) is 9.88 Å². The maximum atomic E-state index is 3.62. The van der Waals surface area contributed by atoms with E-state index in [4.69, 9.17) is 0 Å². The molecule has 2 nitrogen and oxygen atoms in total. The highest BCUT2D eigenvalue weighted by molar-refractivity contribution is 7.11. The van der Waals surface area contributed by atoms with Crippen molar-refractivity contribution in [3.63, 3.8) is 0 Å². The van der Waals surface area contributed by atoms with Crippen molar-refractivity contribution < 1.29 is 0 Å². The Balaban J connectivity index is 1.78. The zero-order chi connectivity index (χ0) is 13.9. The lowest BCUT2D eigenvalue weighted by molar-refractivity contribution is 0.473. The van der Waals surface area contributed by atoms with Crippen LogP contribution < -0.4 is 5.32 Å². The van der Waals surface area contributed by atoms with Crippen LogP contribution in [0.2, 0.25) is 0 Å². The molecule has 108 valence electrons. The van der Waals surface area contributed by atoms with Gasteiger partial charge in [-0.3, -0.25) is 0 Å². The molecule has 0 saturated carbocycles. The van der Waals surface area contributed by atoms with Gasteiger partial charge in [0.15, 0.2) is 0 Å². The summed E-state index contributed by atoms with van der Waals surface area (Å²) >= 11 is 1.95. The predicted octanol–water partition coefficient (Wildman–Crippen LogP) is 4.15. The van der Waals surface area contributed by atoms with Crippen LogP contribution in [0.1, 0.15) is 53.6 Å². The molecule has 2 heterocycles. The third-order valence-electron chi connectivity index (χ3n) is 4.17. The third-order valence-corrected chi connectivity index (χ3v) is 5.38. The van der Waals surface area contributed by atoms with E-state index in [0.717, 1.165) is 19.5 Å². The molecule has 3 rings (SSSR count). The number of aromatic nitrogens is 1. The van der Waals surface area contributed by atoms with Gasteiger partial charge in [-0.05, 0) is 55.5 Å². The van der Waals surface area contributed by atoms with Crippen LogP contribution in [0.15, 0.2) is 24.5 Å². The normalized spacial score (nSPS) is 18.2. The molecule has 3 heteroatoms. The molecule has 0 radical (unpaired) electrons. The van der Waals surface area contributed by atoms with E-state index in [2.05, 4.69) is 48.3 Å². The van der Waals surface area contributed by atoms with E-state index in [0.29, 0.717) is 6.04 Å². The Morgan fingerprint density at radius 1 is 1.25 bits per heavy atom. The van der Waals surface area contributed by atoms with Crippen LogP contribution in [0, 0.1) is 0 Å². The minimum atomic E-state index is 0.569. The van der Waals surface area contributed by atoms with Gasteiger partial charge in [-0.15, -0.1) is 11.3 Å². The Hall–Kier alpha value is -1.06. The predicted molar refractivity (Wildman–Crippen MR) is 86.6 cm³/mol. The van der Waals surface area contributed by atoms with Crippen molar-refractivity contribution in [3.8, 4) is 0 Å². The van der Waals surface area contributed by atoms with E-state index >= 15 is 0 Å². The van der Waals surface area contributed by atoms with Crippen molar-refractivity contribution in [1.29, 1.82) is 0 Å². The summed E-state index contributed by atoms with van der Waals surface area (Å²) in [6.45, 7) is 6.50. The topological polar surface area (TPSA) is 17.0 Å². The molecule has 0 spiro atoms. The van der Waals surface area contributed by atoms with Gasteiger partial charge in [0.2, 0.25) is 0 Å². The quantitative estimate of drug-likeness (QED) is 0.874. The molecule has 1 aliphatic rings. The Kier molecular flexibility index (Phi) is 4.27. The van der Waals surface area contributed by atoms with Crippen molar-refractivity contribution in [2.75, 3.05) is 6.54 Å². The molecule has 1 unspecified atom stereocenters. The average molecular weight is 288 g/mol. The molecule has 1 atom stereocenters. The summed E-state index contributed by atoms with van der Waals surface area (Å²) in [5.41, 5.74) is 3.08. The lowest BCUT2D eigenvalue weighted by Gasteiger charge is -2.22. The highest BCUT2D eigenvalue weighted by atomic mass is 32.1. The molecule has 0 bridgehead atoms. The van der Waals surface area contributed by atoms with E-state index < -0.39 is 0 Å². The number of fused-ring (bicyclic) bond motifs is 1. The van der Waals surface area contributed by atoms with Gasteiger partial charge in [0.25, 0.3) is 0 Å². The van der Waals surface area contributed by atoms with Gasteiger partial charge in [-0.25, -0.2) is 0 Å². The number of thiophene rings is 1. The first-order valence-corrected chi connectivity index (χ1v) is 8.61. The smallest absolute Gasteiger partial charge is 0.0563 e. The van der Waals surface area contributed by atoms with E-state index in [1.54, 1.807) is 5.56 Å². The van der Waals surface area contributed by atoms with E-state index in [9.17, 15) is 0 Å². The first-order valence-electron chi connectivity index (χ1n) is 7.79. The summed E-state index contributed by atoms with van der Waals surface area (Å²) in [6, 6.07) is 5.12. The summed E-state index contributed by atoms with van der Waals surface area (Å²) in [7, 11) is 0. The Morgan fingerprint density at radius 3 is 2.85 bits per heavy atom. The van der Waals surface area contributed by atoms with Crippen LogP contribution in [0.25, 0.3) is 0 Å². The van der Waals surface area contributed by atoms with E-state index in [1.807, 2.05) is 11.3 Å². The number of hydrogen-bond donors (Lipinski definition) is 1. The average Bonchev–Trinajstić information content (AvgIpc) is 3.06. The number of rotatable bonds is 5. The van der Waals surface area contributed by atoms with Crippen molar-refractivity contribution in [3.05, 3.63) is 45.4 Å². The van der Waals surface area contributed by atoms with Crippen LogP contribution in [0.4, 0.5) is 0 Å².